The second kappa shape index (κ2) is 5.81. The summed E-state index contributed by atoms with van der Waals surface area (Å²) < 4.78 is 40.4. The molecule has 0 heterocycles. The third-order valence-electron chi connectivity index (χ3n) is 2.62. The molecule has 0 radical (unpaired) electrons. The van der Waals surface area contributed by atoms with Crippen molar-refractivity contribution in [2.75, 3.05) is 0 Å². The molecule has 2 rings (SSSR count). The van der Waals surface area contributed by atoms with Gasteiger partial charge in [0.1, 0.15) is 5.82 Å². The van der Waals surface area contributed by atoms with Crippen LogP contribution < -0.4 is 0 Å². The van der Waals surface area contributed by atoms with E-state index in [2.05, 4.69) is 0 Å². The number of nitrogens with zero attached hydrogens (tertiary/aromatic N) is 1. The topological polar surface area (TPSA) is 23.8 Å². The third kappa shape index (κ3) is 2.84. The predicted octanol–water partition coefficient (Wildman–Crippen LogP) is 4.82. The van der Waals surface area contributed by atoms with E-state index in [1.807, 2.05) is 0 Å². The van der Waals surface area contributed by atoms with E-state index in [1.165, 1.54) is 24.3 Å². The molecule has 0 aliphatic heterocycles. The van der Waals surface area contributed by atoms with Crippen LogP contribution >= 0.6 is 11.6 Å². The highest BCUT2D eigenvalue weighted by Gasteiger charge is 2.11. The van der Waals surface area contributed by atoms with E-state index < -0.39 is 17.5 Å². The van der Waals surface area contributed by atoms with Gasteiger partial charge in [0, 0.05) is 16.1 Å². The molecule has 100 valence electrons. The van der Waals surface area contributed by atoms with Gasteiger partial charge in [-0.25, -0.2) is 13.2 Å². The summed E-state index contributed by atoms with van der Waals surface area (Å²) in [4.78, 5) is 0. The average molecular weight is 294 g/mol. The zero-order chi connectivity index (χ0) is 14.7. The number of hydrogen-bond acceptors (Lipinski definition) is 1. The maximum absolute atomic E-state index is 13.7. The normalized spacial score (nSPS) is 11.2. The molecule has 20 heavy (non-hydrogen) atoms. The number of benzene rings is 2. The van der Waals surface area contributed by atoms with Crippen LogP contribution in [0.1, 0.15) is 11.1 Å². The highest BCUT2D eigenvalue weighted by Crippen LogP contribution is 2.24. The van der Waals surface area contributed by atoms with Crippen LogP contribution in [-0.4, -0.2) is 0 Å². The van der Waals surface area contributed by atoms with E-state index in [-0.39, 0.29) is 21.7 Å². The maximum Gasteiger partial charge on any atom is 0.166 e. The monoisotopic (exact) mass is 293 g/mol. The van der Waals surface area contributed by atoms with Crippen LogP contribution in [0.15, 0.2) is 36.4 Å². The quantitative estimate of drug-likeness (QED) is 0.575. The number of nitriles is 1. The SMILES string of the molecule is N#CC(=Cc1cccc(F)c1F)c1ccc(Cl)cc1F. The summed E-state index contributed by atoms with van der Waals surface area (Å²) in [6.07, 6.45) is 1.09. The summed E-state index contributed by atoms with van der Waals surface area (Å²) in [5, 5.41) is 9.24. The minimum Gasteiger partial charge on any atom is -0.206 e. The van der Waals surface area contributed by atoms with E-state index in [0.29, 0.717) is 0 Å². The minimum atomic E-state index is -1.09. The highest BCUT2D eigenvalue weighted by molar-refractivity contribution is 6.30. The summed E-state index contributed by atoms with van der Waals surface area (Å²) in [5.74, 6) is -2.83. The summed E-state index contributed by atoms with van der Waals surface area (Å²) in [6.45, 7) is 0. The van der Waals surface area contributed by atoms with E-state index in [4.69, 9.17) is 16.9 Å². The van der Waals surface area contributed by atoms with E-state index in [9.17, 15) is 13.2 Å². The molecule has 1 nitrogen and oxygen atoms in total. The van der Waals surface area contributed by atoms with Gasteiger partial charge in [0.2, 0.25) is 0 Å². The number of halogens is 4. The van der Waals surface area contributed by atoms with E-state index in [1.54, 1.807) is 6.07 Å². The fourth-order valence-corrected chi connectivity index (χ4v) is 1.82. The van der Waals surface area contributed by atoms with Crippen LogP contribution in [0.3, 0.4) is 0 Å². The molecule has 2 aromatic carbocycles. The third-order valence-corrected chi connectivity index (χ3v) is 2.86. The molecule has 0 aromatic heterocycles. The van der Waals surface area contributed by atoms with Crippen molar-refractivity contribution in [1.82, 2.24) is 0 Å². The van der Waals surface area contributed by atoms with Crippen LogP contribution in [0.5, 0.6) is 0 Å². The van der Waals surface area contributed by atoms with Crippen LogP contribution in [-0.2, 0) is 0 Å². The first-order chi connectivity index (χ1) is 9.52. The number of allylic oxidation sites excluding steroid dienone is 1. The predicted molar refractivity (Wildman–Crippen MR) is 71.3 cm³/mol. The highest BCUT2D eigenvalue weighted by atomic mass is 35.5. The lowest BCUT2D eigenvalue weighted by Gasteiger charge is -2.03. The molecule has 0 aliphatic carbocycles. The molecule has 0 aliphatic rings. The van der Waals surface area contributed by atoms with Crippen molar-refractivity contribution in [3.8, 4) is 6.07 Å². The largest absolute Gasteiger partial charge is 0.206 e. The van der Waals surface area contributed by atoms with Crippen LogP contribution in [0.4, 0.5) is 13.2 Å². The van der Waals surface area contributed by atoms with Crippen LogP contribution in [0.25, 0.3) is 11.6 Å². The maximum atomic E-state index is 13.7. The van der Waals surface area contributed by atoms with Crippen molar-refractivity contribution in [3.63, 3.8) is 0 Å². The second-order valence-electron chi connectivity index (χ2n) is 3.94. The molecule has 0 saturated carbocycles. The van der Waals surface area contributed by atoms with Crippen LogP contribution in [0.2, 0.25) is 5.02 Å². The Morgan fingerprint density at radius 1 is 1.10 bits per heavy atom. The zero-order valence-electron chi connectivity index (χ0n) is 10.0. The molecule has 0 saturated heterocycles. The molecule has 0 unspecified atom stereocenters. The van der Waals surface area contributed by atoms with Gasteiger partial charge in [-0.3, -0.25) is 0 Å². The van der Waals surface area contributed by atoms with Gasteiger partial charge in [0.25, 0.3) is 0 Å². The summed E-state index contributed by atoms with van der Waals surface area (Å²) in [7, 11) is 0. The Bertz CT molecular complexity index is 732. The van der Waals surface area contributed by atoms with Crippen molar-refractivity contribution >= 4 is 23.3 Å². The Morgan fingerprint density at radius 3 is 2.50 bits per heavy atom. The Kier molecular flexibility index (Phi) is 4.11. The van der Waals surface area contributed by atoms with Gasteiger partial charge < -0.3 is 0 Å². The van der Waals surface area contributed by atoms with Gasteiger partial charge in [0.15, 0.2) is 11.6 Å². The molecule has 2 aromatic rings. The molecule has 0 N–H and O–H groups in total. The lowest BCUT2D eigenvalue weighted by Crippen LogP contribution is -1.91. The minimum absolute atomic E-state index is 0.0273. The summed E-state index contributed by atoms with van der Waals surface area (Å²) in [6, 6.07) is 9.09. The van der Waals surface area contributed by atoms with Gasteiger partial charge >= 0.3 is 0 Å². The Labute approximate surface area is 118 Å². The summed E-state index contributed by atoms with van der Waals surface area (Å²) in [5.41, 5.74) is -0.278. The fourth-order valence-electron chi connectivity index (χ4n) is 1.67. The van der Waals surface area contributed by atoms with Crippen LogP contribution in [0, 0.1) is 28.8 Å². The number of hydrogen-bond donors (Lipinski definition) is 0. The van der Waals surface area contributed by atoms with E-state index in [0.717, 1.165) is 18.2 Å². The van der Waals surface area contributed by atoms with Crippen molar-refractivity contribution in [3.05, 3.63) is 70.0 Å². The number of rotatable bonds is 2. The molecule has 5 heteroatoms. The van der Waals surface area contributed by atoms with Gasteiger partial charge in [-0.15, -0.1) is 0 Å². The second-order valence-corrected chi connectivity index (χ2v) is 4.37. The van der Waals surface area contributed by atoms with Gasteiger partial charge in [-0.2, -0.15) is 5.26 Å². The van der Waals surface area contributed by atoms with Gasteiger partial charge in [0.05, 0.1) is 11.6 Å². The zero-order valence-corrected chi connectivity index (χ0v) is 10.8. The molecule has 0 bridgehead atoms. The Balaban J connectivity index is 2.55. The summed E-state index contributed by atoms with van der Waals surface area (Å²) >= 11 is 5.62. The van der Waals surface area contributed by atoms with E-state index >= 15 is 0 Å². The van der Waals surface area contributed by atoms with Gasteiger partial charge in [-0.05, 0) is 30.3 Å². The molecule has 0 fully saturated rings. The fraction of sp³-hybridized carbons (Fsp3) is 0. The lowest BCUT2D eigenvalue weighted by molar-refractivity contribution is 0.507. The molecular formula is C15H7ClF3N. The smallest absolute Gasteiger partial charge is 0.166 e. The van der Waals surface area contributed by atoms with Crippen molar-refractivity contribution in [2.45, 2.75) is 0 Å². The van der Waals surface area contributed by atoms with Gasteiger partial charge in [-0.1, -0.05) is 23.7 Å². The lowest BCUT2D eigenvalue weighted by atomic mass is 10.0. The molecule has 0 spiro atoms. The first kappa shape index (κ1) is 14.2. The molecule has 0 amide bonds. The molecular weight excluding hydrogens is 287 g/mol. The molecule has 0 atom stereocenters. The van der Waals surface area contributed by atoms with Crippen molar-refractivity contribution < 1.29 is 13.2 Å². The Hall–Kier alpha value is -2.25. The first-order valence-corrected chi connectivity index (χ1v) is 5.92. The van der Waals surface area contributed by atoms with Crippen molar-refractivity contribution in [1.29, 1.82) is 5.26 Å². The first-order valence-electron chi connectivity index (χ1n) is 5.54. The Morgan fingerprint density at radius 2 is 1.85 bits per heavy atom. The standard InChI is InChI=1S/C15H7ClF3N/c16-11-4-5-12(14(18)7-11)10(8-20)6-9-2-1-3-13(17)15(9)19/h1-7H. The average Bonchev–Trinajstić information content (AvgIpc) is 2.41. The van der Waals surface area contributed by atoms with Crippen molar-refractivity contribution in [2.24, 2.45) is 0 Å².